The number of rotatable bonds is 1. The minimum Gasteiger partial charge on any atom is -0.508 e. The highest BCUT2D eigenvalue weighted by Gasteiger charge is 2.42. The molecule has 1 aliphatic rings. The number of benzene rings is 1. The zero-order valence-electron chi connectivity index (χ0n) is 9.65. The van der Waals surface area contributed by atoms with Gasteiger partial charge >= 0.3 is 0 Å². The summed E-state index contributed by atoms with van der Waals surface area (Å²) in [6.45, 7) is 5.74. The van der Waals surface area contributed by atoms with E-state index >= 15 is 0 Å². The molecule has 1 saturated heterocycles. The maximum Gasteiger partial charge on any atom is 0.300 e. The first-order chi connectivity index (χ1) is 7.35. The number of hydrogen-bond donors (Lipinski definition) is 2. The van der Waals surface area contributed by atoms with Crippen LogP contribution in [0.25, 0.3) is 0 Å². The fourth-order valence-corrected chi connectivity index (χ4v) is 1.35. The molecule has 1 unspecified atom stereocenters. The number of carboxylic acid groups (broad SMARTS) is 1. The molecule has 0 bridgehead atoms. The van der Waals surface area contributed by atoms with Crippen LogP contribution in [0.5, 0.6) is 5.75 Å². The van der Waals surface area contributed by atoms with Gasteiger partial charge in [0.25, 0.3) is 5.97 Å². The van der Waals surface area contributed by atoms with Crippen molar-refractivity contribution < 1.29 is 19.7 Å². The summed E-state index contributed by atoms with van der Waals surface area (Å²) in [5, 5.41) is 17.0. The number of aliphatic carboxylic acids is 1. The van der Waals surface area contributed by atoms with Gasteiger partial charge in [0.1, 0.15) is 11.4 Å². The molecule has 1 aromatic carbocycles. The average molecular weight is 224 g/mol. The number of phenols is 1. The van der Waals surface area contributed by atoms with Gasteiger partial charge in [-0.05, 0) is 25.5 Å². The topological polar surface area (TPSA) is 70.1 Å². The smallest absolute Gasteiger partial charge is 0.300 e. The molecule has 1 atom stereocenters. The van der Waals surface area contributed by atoms with Crippen LogP contribution in [0, 0.1) is 6.92 Å². The van der Waals surface area contributed by atoms with Crippen molar-refractivity contribution in [1.82, 2.24) is 0 Å². The van der Waals surface area contributed by atoms with Crippen molar-refractivity contribution >= 4 is 5.97 Å². The molecule has 4 heteroatoms. The fraction of sp³-hybridized carbons (Fsp3) is 0.417. The summed E-state index contributed by atoms with van der Waals surface area (Å²) < 4.78 is 5.24. The predicted molar refractivity (Wildman–Crippen MR) is 59.5 cm³/mol. The second-order valence-electron chi connectivity index (χ2n) is 4.06. The number of aromatic hydroxyl groups is 1. The van der Waals surface area contributed by atoms with Gasteiger partial charge in [0.05, 0.1) is 6.61 Å². The van der Waals surface area contributed by atoms with Crippen LogP contribution in [0.1, 0.15) is 25.0 Å². The minimum atomic E-state index is -0.833. The highest BCUT2D eigenvalue weighted by Crippen LogP contribution is 2.42. The van der Waals surface area contributed by atoms with Gasteiger partial charge in [-0.3, -0.25) is 4.79 Å². The normalized spacial score (nSPS) is 21.9. The molecule has 0 saturated carbocycles. The monoisotopic (exact) mass is 224 g/mol. The number of ether oxygens (including phenoxy) is 1. The lowest BCUT2D eigenvalue weighted by atomic mass is 10.00. The largest absolute Gasteiger partial charge is 0.508 e. The van der Waals surface area contributed by atoms with Crippen molar-refractivity contribution in [2.24, 2.45) is 0 Å². The third kappa shape index (κ3) is 3.24. The first kappa shape index (κ1) is 12.5. The van der Waals surface area contributed by atoms with Crippen molar-refractivity contribution in [3.8, 4) is 5.75 Å². The van der Waals surface area contributed by atoms with Gasteiger partial charge in [-0.15, -0.1) is 0 Å². The number of carboxylic acids is 1. The second-order valence-corrected chi connectivity index (χ2v) is 4.06. The highest BCUT2D eigenvalue weighted by molar-refractivity contribution is 5.62. The van der Waals surface area contributed by atoms with Gasteiger partial charge in [-0.25, -0.2) is 0 Å². The van der Waals surface area contributed by atoms with Crippen LogP contribution in [0.4, 0.5) is 0 Å². The molecule has 2 N–H and O–H groups in total. The highest BCUT2D eigenvalue weighted by atomic mass is 16.6. The molecule has 1 aromatic rings. The summed E-state index contributed by atoms with van der Waals surface area (Å²) in [6, 6.07) is 5.68. The van der Waals surface area contributed by atoms with Crippen LogP contribution < -0.4 is 0 Å². The zero-order chi connectivity index (χ0) is 12.3. The molecule has 4 nitrogen and oxygen atoms in total. The lowest BCUT2D eigenvalue weighted by Crippen LogP contribution is -2.02. The first-order valence-electron chi connectivity index (χ1n) is 4.99. The van der Waals surface area contributed by atoms with E-state index in [1.807, 2.05) is 26.0 Å². The summed E-state index contributed by atoms with van der Waals surface area (Å²) in [6.07, 6.45) is 0. The van der Waals surface area contributed by atoms with E-state index in [9.17, 15) is 5.11 Å². The van der Waals surface area contributed by atoms with E-state index < -0.39 is 5.97 Å². The first-order valence-corrected chi connectivity index (χ1v) is 4.99. The molecule has 1 aliphatic heterocycles. The van der Waals surface area contributed by atoms with Gasteiger partial charge in [0, 0.05) is 12.5 Å². The molecule has 1 heterocycles. The molecule has 0 spiro atoms. The van der Waals surface area contributed by atoms with Crippen LogP contribution >= 0.6 is 0 Å². The van der Waals surface area contributed by atoms with Crippen LogP contribution in [-0.2, 0) is 15.1 Å². The zero-order valence-corrected chi connectivity index (χ0v) is 9.65. The van der Waals surface area contributed by atoms with E-state index in [1.54, 1.807) is 6.07 Å². The molecule has 0 aliphatic carbocycles. The van der Waals surface area contributed by atoms with Crippen molar-refractivity contribution in [1.29, 1.82) is 0 Å². The molecule has 88 valence electrons. The SMILES string of the molecule is CC(=O)O.Cc1ccc(C2(C)CO2)c(O)c1. The maximum absolute atomic E-state index is 9.59. The van der Waals surface area contributed by atoms with Crippen LogP contribution in [0.2, 0.25) is 0 Å². The van der Waals surface area contributed by atoms with E-state index in [1.165, 1.54) is 0 Å². The van der Waals surface area contributed by atoms with Crippen LogP contribution in [-0.4, -0.2) is 22.8 Å². The summed E-state index contributed by atoms with van der Waals surface area (Å²) in [4.78, 5) is 9.00. The van der Waals surface area contributed by atoms with Crippen molar-refractivity contribution in [3.63, 3.8) is 0 Å². The molecule has 0 amide bonds. The maximum atomic E-state index is 9.59. The number of phenolic OH excluding ortho intramolecular Hbond substituents is 1. The Bertz CT molecular complexity index is 390. The Balaban J connectivity index is 0.000000280. The van der Waals surface area contributed by atoms with Crippen molar-refractivity contribution in [2.75, 3.05) is 6.61 Å². The fourth-order valence-electron chi connectivity index (χ4n) is 1.35. The number of epoxide rings is 1. The van der Waals surface area contributed by atoms with Crippen LogP contribution in [0.15, 0.2) is 18.2 Å². The van der Waals surface area contributed by atoms with Gasteiger partial charge in [-0.2, -0.15) is 0 Å². The molecular formula is C12H16O4. The molecule has 0 aromatic heterocycles. The van der Waals surface area contributed by atoms with Gasteiger partial charge in [0.2, 0.25) is 0 Å². The standard InChI is InChI=1S/C10H12O2.C2H4O2/c1-7-3-4-8(9(11)5-7)10(2)6-12-10;1-2(3)4/h3-5,11H,6H2,1-2H3;1H3,(H,3,4). The van der Waals surface area contributed by atoms with Crippen molar-refractivity contribution in [3.05, 3.63) is 29.3 Å². The van der Waals surface area contributed by atoms with E-state index in [4.69, 9.17) is 14.6 Å². The Morgan fingerprint density at radius 1 is 1.50 bits per heavy atom. The number of hydrogen-bond acceptors (Lipinski definition) is 3. The molecule has 16 heavy (non-hydrogen) atoms. The lowest BCUT2D eigenvalue weighted by molar-refractivity contribution is -0.134. The third-order valence-electron chi connectivity index (χ3n) is 2.30. The Labute approximate surface area is 94.5 Å². The Kier molecular flexibility index (Phi) is 3.55. The third-order valence-corrected chi connectivity index (χ3v) is 2.30. The number of carbonyl (C=O) groups is 1. The summed E-state index contributed by atoms with van der Waals surface area (Å²) in [5.74, 6) is -0.491. The summed E-state index contributed by atoms with van der Waals surface area (Å²) >= 11 is 0. The summed E-state index contributed by atoms with van der Waals surface area (Å²) in [5.41, 5.74) is 1.74. The van der Waals surface area contributed by atoms with E-state index in [0.29, 0.717) is 12.4 Å². The molecular weight excluding hydrogens is 208 g/mol. The summed E-state index contributed by atoms with van der Waals surface area (Å²) in [7, 11) is 0. The molecule has 0 radical (unpaired) electrons. The van der Waals surface area contributed by atoms with E-state index in [0.717, 1.165) is 18.1 Å². The molecule has 2 rings (SSSR count). The van der Waals surface area contributed by atoms with E-state index in [2.05, 4.69) is 0 Å². The Morgan fingerprint density at radius 2 is 2.00 bits per heavy atom. The van der Waals surface area contributed by atoms with Gasteiger partial charge < -0.3 is 14.9 Å². The predicted octanol–water partition coefficient (Wildman–Crippen LogP) is 2.04. The van der Waals surface area contributed by atoms with Crippen molar-refractivity contribution in [2.45, 2.75) is 26.4 Å². The number of aryl methyl sites for hydroxylation is 1. The minimum absolute atomic E-state index is 0.224. The Hall–Kier alpha value is -1.55. The van der Waals surface area contributed by atoms with Gasteiger partial charge in [-0.1, -0.05) is 12.1 Å². The Morgan fingerprint density at radius 3 is 2.38 bits per heavy atom. The average Bonchev–Trinajstić information content (AvgIpc) is 2.82. The quantitative estimate of drug-likeness (QED) is 0.716. The lowest BCUT2D eigenvalue weighted by Gasteiger charge is -2.08. The second kappa shape index (κ2) is 4.53. The van der Waals surface area contributed by atoms with Crippen LogP contribution in [0.3, 0.4) is 0 Å². The van der Waals surface area contributed by atoms with Gasteiger partial charge in [0.15, 0.2) is 0 Å². The molecule has 1 fully saturated rings. The van der Waals surface area contributed by atoms with E-state index in [-0.39, 0.29) is 5.60 Å².